The van der Waals surface area contributed by atoms with E-state index in [-0.39, 0.29) is 17.5 Å². The Morgan fingerprint density at radius 1 is 1.30 bits per heavy atom. The average Bonchev–Trinajstić information content (AvgIpc) is 2.95. The summed E-state index contributed by atoms with van der Waals surface area (Å²) >= 11 is 0. The largest absolute Gasteiger partial charge is 0.305 e. The molecule has 0 radical (unpaired) electrons. The van der Waals surface area contributed by atoms with Crippen LogP contribution >= 0.6 is 0 Å². The van der Waals surface area contributed by atoms with Crippen molar-refractivity contribution in [3.8, 4) is 0 Å². The van der Waals surface area contributed by atoms with Crippen LogP contribution in [0.2, 0.25) is 0 Å². The van der Waals surface area contributed by atoms with E-state index in [1.165, 1.54) is 6.92 Å². The number of carbonyl (C=O) groups excluding carboxylic acids is 2. The molecule has 0 aromatic carbocycles. The first-order valence-corrected chi connectivity index (χ1v) is 5.97. The molecule has 20 heavy (non-hydrogen) atoms. The fourth-order valence-electron chi connectivity index (χ4n) is 1.66. The number of hydrogen-bond donors (Lipinski definition) is 2. The van der Waals surface area contributed by atoms with Crippen LogP contribution in [0.4, 0.5) is 11.6 Å². The molecular formula is C11H14N6O3. The van der Waals surface area contributed by atoms with E-state index in [2.05, 4.69) is 30.7 Å². The molecule has 0 bridgehead atoms. The molecule has 0 saturated carbocycles. The molecule has 0 aliphatic heterocycles. The lowest BCUT2D eigenvalue weighted by atomic mass is 10.3. The molecular weight excluding hydrogens is 264 g/mol. The highest BCUT2D eigenvalue weighted by Crippen LogP contribution is 2.17. The summed E-state index contributed by atoms with van der Waals surface area (Å²) in [5, 5.41) is 16.1. The van der Waals surface area contributed by atoms with Crippen LogP contribution in [-0.2, 0) is 11.3 Å². The normalized spacial score (nSPS) is 10.3. The van der Waals surface area contributed by atoms with Gasteiger partial charge in [-0.25, -0.2) is 4.63 Å². The van der Waals surface area contributed by atoms with Crippen LogP contribution in [0.25, 0.3) is 0 Å². The lowest BCUT2D eigenvalue weighted by molar-refractivity contribution is -0.114. The third kappa shape index (κ3) is 2.82. The van der Waals surface area contributed by atoms with Gasteiger partial charge in [0.05, 0.1) is 5.69 Å². The van der Waals surface area contributed by atoms with Crippen molar-refractivity contribution in [2.24, 2.45) is 0 Å². The summed E-state index contributed by atoms with van der Waals surface area (Å²) < 4.78 is 6.06. The van der Waals surface area contributed by atoms with E-state index >= 15 is 0 Å². The van der Waals surface area contributed by atoms with Crippen LogP contribution in [0, 0.1) is 6.92 Å². The Hall–Kier alpha value is -2.71. The van der Waals surface area contributed by atoms with E-state index < -0.39 is 5.91 Å². The number of anilines is 2. The molecule has 0 aliphatic rings. The molecule has 9 heteroatoms. The van der Waals surface area contributed by atoms with Crippen molar-refractivity contribution in [3.05, 3.63) is 17.5 Å². The Morgan fingerprint density at radius 3 is 2.55 bits per heavy atom. The lowest BCUT2D eigenvalue weighted by Gasteiger charge is -2.04. The second-order valence-corrected chi connectivity index (χ2v) is 4.08. The van der Waals surface area contributed by atoms with Crippen molar-refractivity contribution in [2.45, 2.75) is 27.3 Å². The quantitative estimate of drug-likeness (QED) is 0.855. The van der Waals surface area contributed by atoms with Crippen LogP contribution in [0.3, 0.4) is 0 Å². The molecule has 2 aromatic rings. The summed E-state index contributed by atoms with van der Waals surface area (Å²) in [6, 6.07) is 1.66. The van der Waals surface area contributed by atoms with Gasteiger partial charge in [-0.15, -0.1) is 0 Å². The zero-order chi connectivity index (χ0) is 14.7. The maximum absolute atomic E-state index is 12.1. The third-order valence-corrected chi connectivity index (χ3v) is 2.45. The molecule has 0 spiro atoms. The third-order valence-electron chi connectivity index (χ3n) is 2.45. The van der Waals surface area contributed by atoms with Gasteiger partial charge in [0.15, 0.2) is 0 Å². The fourth-order valence-corrected chi connectivity index (χ4v) is 1.66. The van der Waals surface area contributed by atoms with E-state index in [1.54, 1.807) is 17.7 Å². The van der Waals surface area contributed by atoms with Gasteiger partial charge in [0, 0.05) is 13.5 Å². The molecule has 0 saturated heterocycles. The molecule has 0 fully saturated rings. The number of nitrogens with one attached hydrogen (secondary N) is 2. The molecule has 0 atom stereocenters. The lowest BCUT2D eigenvalue weighted by Crippen LogP contribution is -2.19. The van der Waals surface area contributed by atoms with Gasteiger partial charge >= 0.3 is 0 Å². The summed E-state index contributed by atoms with van der Waals surface area (Å²) in [4.78, 5) is 23.1. The van der Waals surface area contributed by atoms with Gasteiger partial charge < -0.3 is 5.32 Å². The SMILES string of the molecule is CCn1nc(C)cc1C(=O)Nc1nonc1NC(C)=O. The van der Waals surface area contributed by atoms with E-state index in [0.29, 0.717) is 12.2 Å². The second-order valence-electron chi connectivity index (χ2n) is 4.08. The highest BCUT2D eigenvalue weighted by molar-refractivity contribution is 6.04. The number of rotatable bonds is 4. The molecule has 106 valence electrons. The van der Waals surface area contributed by atoms with Gasteiger partial charge in [-0.3, -0.25) is 19.6 Å². The molecule has 2 rings (SSSR count). The number of amides is 2. The summed E-state index contributed by atoms with van der Waals surface area (Å²) in [6.07, 6.45) is 0. The minimum atomic E-state index is -0.408. The maximum atomic E-state index is 12.1. The van der Waals surface area contributed by atoms with Gasteiger partial charge in [0.25, 0.3) is 5.91 Å². The van der Waals surface area contributed by atoms with Crippen molar-refractivity contribution in [3.63, 3.8) is 0 Å². The zero-order valence-corrected chi connectivity index (χ0v) is 11.3. The second kappa shape index (κ2) is 5.51. The number of aryl methyl sites for hydroxylation is 2. The van der Waals surface area contributed by atoms with Crippen LogP contribution in [0.1, 0.15) is 30.0 Å². The molecule has 9 nitrogen and oxygen atoms in total. The van der Waals surface area contributed by atoms with E-state index in [4.69, 9.17) is 0 Å². The van der Waals surface area contributed by atoms with Gasteiger partial charge in [-0.1, -0.05) is 0 Å². The van der Waals surface area contributed by atoms with Crippen LogP contribution in [0.15, 0.2) is 10.7 Å². The van der Waals surface area contributed by atoms with Gasteiger partial charge in [0.1, 0.15) is 5.69 Å². The number of carbonyl (C=O) groups is 2. The molecule has 0 unspecified atom stereocenters. The summed E-state index contributed by atoms with van der Waals surface area (Å²) in [5.74, 6) is -0.641. The van der Waals surface area contributed by atoms with Crippen molar-refractivity contribution < 1.29 is 14.2 Å². The Kier molecular flexibility index (Phi) is 3.78. The van der Waals surface area contributed by atoms with Gasteiger partial charge in [-0.05, 0) is 30.2 Å². The van der Waals surface area contributed by atoms with E-state index in [9.17, 15) is 9.59 Å². The van der Waals surface area contributed by atoms with Crippen LogP contribution in [0.5, 0.6) is 0 Å². The first kappa shape index (κ1) is 13.7. The summed E-state index contributed by atoms with van der Waals surface area (Å²) in [6.45, 7) is 5.55. The predicted octanol–water partition coefficient (Wildman–Crippen LogP) is 0.805. The van der Waals surface area contributed by atoms with Crippen molar-refractivity contribution in [1.29, 1.82) is 0 Å². The first-order chi connectivity index (χ1) is 9.51. The van der Waals surface area contributed by atoms with Crippen LogP contribution < -0.4 is 10.6 Å². The van der Waals surface area contributed by atoms with Crippen molar-refractivity contribution in [1.82, 2.24) is 20.1 Å². The standard InChI is InChI=1S/C11H14N6O3/c1-4-17-8(5-6(2)14-17)11(19)13-10-9(12-7(3)18)15-20-16-10/h5H,4H2,1-3H3,(H,12,15,18)(H,13,16,19). The minimum absolute atomic E-state index is 0.0479. The molecule has 2 aromatic heterocycles. The van der Waals surface area contributed by atoms with Crippen LogP contribution in [-0.4, -0.2) is 31.9 Å². The molecule has 2 heterocycles. The Balaban J connectivity index is 2.19. The zero-order valence-electron chi connectivity index (χ0n) is 11.3. The highest BCUT2D eigenvalue weighted by atomic mass is 16.6. The highest BCUT2D eigenvalue weighted by Gasteiger charge is 2.18. The average molecular weight is 278 g/mol. The molecule has 2 N–H and O–H groups in total. The number of aromatic nitrogens is 4. The Morgan fingerprint density at radius 2 is 1.95 bits per heavy atom. The Labute approximate surface area is 114 Å². The number of nitrogens with zero attached hydrogens (tertiary/aromatic N) is 4. The van der Waals surface area contributed by atoms with Crippen molar-refractivity contribution >= 4 is 23.5 Å². The topological polar surface area (TPSA) is 115 Å². The predicted molar refractivity (Wildman–Crippen MR) is 69.2 cm³/mol. The fraction of sp³-hybridized carbons (Fsp3) is 0.364. The first-order valence-electron chi connectivity index (χ1n) is 5.97. The summed E-state index contributed by atoms with van der Waals surface area (Å²) in [7, 11) is 0. The van der Waals surface area contributed by atoms with E-state index in [1.807, 2.05) is 6.92 Å². The monoisotopic (exact) mass is 278 g/mol. The molecule has 0 aliphatic carbocycles. The minimum Gasteiger partial charge on any atom is -0.305 e. The smallest absolute Gasteiger partial charge is 0.275 e. The van der Waals surface area contributed by atoms with E-state index in [0.717, 1.165) is 5.69 Å². The maximum Gasteiger partial charge on any atom is 0.275 e. The van der Waals surface area contributed by atoms with Crippen molar-refractivity contribution in [2.75, 3.05) is 10.6 Å². The summed E-state index contributed by atoms with van der Waals surface area (Å²) in [5.41, 5.74) is 1.12. The van der Waals surface area contributed by atoms with Gasteiger partial charge in [0.2, 0.25) is 17.5 Å². The Bertz CT molecular complexity index is 644. The number of hydrogen-bond acceptors (Lipinski definition) is 6. The molecule has 2 amide bonds. The van der Waals surface area contributed by atoms with Gasteiger partial charge in [-0.2, -0.15) is 5.10 Å².